The number of carbonyl (C=O) groups excluding carboxylic acids is 1. The number of carbonyl (C=O) groups is 1. The van der Waals surface area contributed by atoms with Crippen LogP contribution >= 0.6 is 0 Å². The molecule has 0 saturated carbocycles. The van der Waals surface area contributed by atoms with E-state index in [9.17, 15) is 4.79 Å². The van der Waals surface area contributed by atoms with Gasteiger partial charge in [-0.05, 0) is 57.3 Å². The Labute approximate surface area is 194 Å². The number of alkyl carbamates (subject to hydrolysis) is 1. The summed E-state index contributed by atoms with van der Waals surface area (Å²) in [5.41, 5.74) is 9.75. The van der Waals surface area contributed by atoms with Crippen molar-refractivity contribution in [3.8, 4) is 11.1 Å². The molecule has 0 aliphatic heterocycles. The molecule has 3 heteroatoms. The number of nitrogens with one attached hydrogen (secondary N) is 1. The van der Waals surface area contributed by atoms with Gasteiger partial charge in [-0.25, -0.2) is 4.79 Å². The van der Waals surface area contributed by atoms with Crippen LogP contribution in [0.1, 0.15) is 45.3 Å². The number of hydrogen-bond acceptors (Lipinski definition) is 2. The third-order valence-electron chi connectivity index (χ3n) is 7.00. The number of fused-ring (bicyclic) bond motifs is 5. The highest BCUT2D eigenvalue weighted by Crippen LogP contribution is 2.44. The predicted molar refractivity (Wildman–Crippen MR) is 130 cm³/mol. The van der Waals surface area contributed by atoms with Crippen LogP contribution in [-0.4, -0.2) is 12.7 Å². The van der Waals surface area contributed by atoms with Gasteiger partial charge in [-0.15, -0.1) is 0 Å². The van der Waals surface area contributed by atoms with Crippen LogP contribution in [0.5, 0.6) is 0 Å². The molecule has 0 atom stereocenters. The van der Waals surface area contributed by atoms with Crippen LogP contribution in [0.15, 0.2) is 97.1 Å². The molecule has 6 rings (SSSR count). The lowest BCUT2D eigenvalue weighted by molar-refractivity contribution is 0.140. The molecule has 0 aromatic heterocycles. The second-order valence-corrected chi connectivity index (χ2v) is 8.80. The van der Waals surface area contributed by atoms with Crippen molar-refractivity contribution in [3.63, 3.8) is 0 Å². The van der Waals surface area contributed by atoms with Gasteiger partial charge in [0.1, 0.15) is 6.61 Å². The van der Waals surface area contributed by atoms with E-state index in [4.69, 9.17) is 4.74 Å². The molecule has 162 valence electrons. The molecule has 0 fully saturated rings. The van der Waals surface area contributed by atoms with Gasteiger partial charge in [-0.1, -0.05) is 97.1 Å². The highest BCUT2D eigenvalue weighted by molar-refractivity contribution is 5.79. The molecule has 2 aliphatic carbocycles. The smallest absolute Gasteiger partial charge is 0.407 e. The third kappa shape index (κ3) is 3.50. The molecule has 0 saturated heterocycles. The van der Waals surface area contributed by atoms with Crippen molar-refractivity contribution >= 4 is 6.09 Å². The van der Waals surface area contributed by atoms with Crippen LogP contribution in [-0.2, 0) is 17.6 Å². The Balaban J connectivity index is 1.26. The van der Waals surface area contributed by atoms with Crippen molar-refractivity contribution in [2.24, 2.45) is 0 Å². The Morgan fingerprint density at radius 2 is 1.12 bits per heavy atom. The molecule has 0 unspecified atom stereocenters. The minimum Gasteiger partial charge on any atom is -0.449 e. The Kier molecular flexibility index (Phi) is 4.95. The molecule has 33 heavy (non-hydrogen) atoms. The van der Waals surface area contributed by atoms with Crippen molar-refractivity contribution < 1.29 is 9.53 Å². The predicted octanol–water partition coefficient (Wildman–Crippen LogP) is 6.41. The number of amides is 1. The minimum absolute atomic E-state index is 0.0526. The van der Waals surface area contributed by atoms with Crippen LogP contribution in [0.2, 0.25) is 0 Å². The van der Waals surface area contributed by atoms with Gasteiger partial charge in [0.2, 0.25) is 0 Å². The van der Waals surface area contributed by atoms with Crippen molar-refractivity contribution in [1.29, 1.82) is 0 Å². The summed E-state index contributed by atoms with van der Waals surface area (Å²) >= 11 is 0. The maximum atomic E-state index is 13.1. The number of hydrogen-bond donors (Lipinski definition) is 1. The van der Waals surface area contributed by atoms with Crippen LogP contribution in [0.4, 0.5) is 4.79 Å². The van der Waals surface area contributed by atoms with Crippen molar-refractivity contribution in [1.82, 2.24) is 5.32 Å². The third-order valence-corrected chi connectivity index (χ3v) is 7.00. The van der Waals surface area contributed by atoms with E-state index < -0.39 is 0 Å². The number of rotatable bonds is 3. The Hall–Kier alpha value is -3.85. The fourth-order valence-electron chi connectivity index (χ4n) is 5.44. The van der Waals surface area contributed by atoms with Gasteiger partial charge in [0, 0.05) is 5.92 Å². The molecule has 0 spiro atoms. The summed E-state index contributed by atoms with van der Waals surface area (Å²) in [5, 5.41) is 3.18. The maximum Gasteiger partial charge on any atom is 0.407 e. The van der Waals surface area contributed by atoms with E-state index >= 15 is 0 Å². The van der Waals surface area contributed by atoms with Gasteiger partial charge in [0.25, 0.3) is 0 Å². The standard InChI is InChI=1S/C30H25NO2/c32-30(33-19-28-26-15-7-5-13-24(26)25-14-6-8-16-27(25)28)31-29-22-11-3-1-9-20(22)17-18-21-10-2-4-12-23(21)29/h1-16,28-29H,17-19H2,(H,31,32). The SMILES string of the molecule is O=C(NC1c2ccccc2CCc2ccccc21)OCC1c2ccccc2-c2ccccc21. The highest BCUT2D eigenvalue weighted by atomic mass is 16.5. The second kappa shape index (κ2) is 8.25. The van der Waals surface area contributed by atoms with E-state index in [0.29, 0.717) is 6.61 Å². The first-order chi connectivity index (χ1) is 16.3. The Morgan fingerprint density at radius 1 is 0.667 bits per heavy atom. The zero-order valence-electron chi connectivity index (χ0n) is 18.3. The van der Waals surface area contributed by atoms with Crippen molar-refractivity contribution in [2.45, 2.75) is 24.8 Å². The number of ether oxygens (including phenoxy) is 1. The van der Waals surface area contributed by atoms with Gasteiger partial charge in [0.05, 0.1) is 6.04 Å². The number of benzene rings is 4. The fraction of sp³-hybridized carbons (Fsp3) is 0.167. The molecule has 0 bridgehead atoms. The van der Waals surface area contributed by atoms with E-state index in [-0.39, 0.29) is 18.1 Å². The summed E-state index contributed by atoms with van der Waals surface area (Å²) < 4.78 is 5.86. The molecule has 3 nitrogen and oxygen atoms in total. The average molecular weight is 432 g/mol. The molecule has 1 amide bonds. The monoisotopic (exact) mass is 431 g/mol. The van der Waals surface area contributed by atoms with E-state index in [1.165, 1.54) is 33.4 Å². The molecule has 2 aliphatic rings. The first-order valence-electron chi connectivity index (χ1n) is 11.6. The van der Waals surface area contributed by atoms with E-state index in [1.54, 1.807) is 0 Å². The normalized spacial score (nSPS) is 14.4. The quantitative estimate of drug-likeness (QED) is 0.407. The van der Waals surface area contributed by atoms with Gasteiger partial charge in [0.15, 0.2) is 0 Å². The lowest BCUT2D eigenvalue weighted by Gasteiger charge is -2.22. The zero-order chi connectivity index (χ0) is 22.2. The summed E-state index contributed by atoms with van der Waals surface area (Å²) in [7, 11) is 0. The lowest BCUT2D eigenvalue weighted by Crippen LogP contribution is -2.31. The van der Waals surface area contributed by atoms with Crippen LogP contribution in [0.25, 0.3) is 11.1 Å². The first kappa shape index (κ1) is 19.8. The molecule has 4 aromatic carbocycles. The van der Waals surface area contributed by atoms with E-state index in [2.05, 4.69) is 90.2 Å². The Bertz CT molecular complexity index is 1250. The van der Waals surface area contributed by atoms with Crippen LogP contribution < -0.4 is 5.32 Å². The van der Waals surface area contributed by atoms with Crippen LogP contribution in [0.3, 0.4) is 0 Å². The molecular formula is C30H25NO2. The van der Waals surface area contributed by atoms with Gasteiger partial charge in [-0.3, -0.25) is 0 Å². The maximum absolute atomic E-state index is 13.1. The van der Waals surface area contributed by atoms with E-state index in [0.717, 1.165) is 24.0 Å². The zero-order valence-corrected chi connectivity index (χ0v) is 18.3. The minimum atomic E-state index is -0.381. The lowest BCUT2D eigenvalue weighted by atomic mass is 9.95. The second-order valence-electron chi connectivity index (χ2n) is 8.80. The van der Waals surface area contributed by atoms with Gasteiger partial charge in [-0.2, -0.15) is 0 Å². The van der Waals surface area contributed by atoms with Crippen LogP contribution in [0, 0.1) is 0 Å². The first-order valence-corrected chi connectivity index (χ1v) is 11.6. The van der Waals surface area contributed by atoms with Crippen molar-refractivity contribution in [2.75, 3.05) is 6.61 Å². The molecule has 0 radical (unpaired) electrons. The summed E-state index contributed by atoms with van der Waals surface area (Å²) in [4.78, 5) is 13.1. The molecule has 0 heterocycles. The van der Waals surface area contributed by atoms with Crippen molar-refractivity contribution in [3.05, 3.63) is 130 Å². The molecule has 1 N–H and O–H groups in total. The summed E-state index contributed by atoms with van der Waals surface area (Å²) in [6.45, 7) is 0.315. The summed E-state index contributed by atoms with van der Waals surface area (Å²) in [5.74, 6) is 0.0526. The van der Waals surface area contributed by atoms with Gasteiger partial charge < -0.3 is 10.1 Å². The highest BCUT2D eigenvalue weighted by Gasteiger charge is 2.30. The summed E-state index contributed by atoms with van der Waals surface area (Å²) in [6.07, 6.45) is 1.56. The topological polar surface area (TPSA) is 38.3 Å². The molecule has 4 aromatic rings. The summed E-state index contributed by atoms with van der Waals surface area (Å²) in [6, 6.07) is 33.4. The average Bonchev–Trinajstić information content (AvgIpc) is 3.10. The van der Waals surface area contributed by atoms with E-state index in [1.807, 2.05) is 12.1 Å². The fourth-order valence-corrected chi connectivity index (χ4v) is 5.44. The Morgan fingerprint density at radius 3 is 1.67 bits per heavy atom. The number of aryl methyl sites for hydroxylation is 2. The van der Waals surface area contributed by atoms with Gasteiger partial charge >= 0.3 is 6.09 Å². The largest absolute Gasteiger partial charge is 0.449 e. The molecular weight excluding hydrogens is 406 g/mol.